The minimum Gasteiger partial charge on any atom is -0.507 e. The first kappa shape index (κ1) is 16.5. The van der Waals surface area contributed by atoms with Crippen molar-refractivity contribution in [1.29, 1.82) is 0 Å². The number of phenolic OH excluding ortho intramolecular Hbond substituents is 1. The monoisotopic (exact) mass is 320 g/mol. The van der Waals surface area contributed by atoms with Crippen molar-refractivity contribution in [2.45, 2.75) is 20.0 Å². The fraction of sp³-hybridized carbons (Fsp3) is 0.312. The number of allylic oxidation sites excluding steroid dienone is 2. The van der Waals surface area contributed by atoms with Crippen molar-refractivity contribution in [3.63, 3.8) is 0 Å². The van der Waals surface area contributed by atoms with Crippen LogP contribution >= 0.6 is 0 Å². The van der Waals surface area contributed by atoms with Crippen LogP contribution in [0.25, 0.3) is 0 Å². The number of aromatic hydroxyl groups is 1. The Hall–Kier alpha value is -2.83. The van der Waals surface area contributed by atoms with Crippen LogP contribution in [0.1, 0.15) is 46.2 Å². The van der Waals surface area contributed by atoms with Gasteiger partial charge >= 0.3 is 5.97 Å². The van der Waals surface area contributed by atoms with Crippen molar-refractivity contribution >= 4 is 17.5 Å². The number of hydrogen-bond donors (Lipinski definition) is 1. The second-order valence-electron chi connectivity index (χ2n) is 4.92. The van der Waals surface area contributed by atoms with Crippen LogP contribution in [0.4, 0.5) is 0 Å². The fourth-order valence-corrected chi connectivity index (χ4v) is 2.50. The zero-order chi connectivity index (χ0) is 17.3. The molecule has 0 fully saturated rings. The number of fused-ring (bicyclic) bond motifs is 1. The lowest BCUT2D eigenvalue weighted by Gasteiger charge is -2.22. The standard InChI is InChI=1S/C16H16O7/c1-7(23-8(2)17)13-11(21-3)5-9-14(16(13)20)10(18)6-12(22-4)15(9)19/h5-7,20H,1-4H3. The predicted octanol–water partition coefficient (Wildman–Crippen LogP) is 1.93. The first-order valence-corrected chi connectivity index (χ1v) is 6.77. The minimum atomic E-state index is -0.858. The van der Waals surface area contributed by atoms with Gasteiger partial charge in [0.05, 0.1) is 25.3 Å². The van der Waals surface area contributed by atoms with E-state index in [2.05, 4.69) is 0 Å². The number of Topliss-reactive ketones (excluding diaryl/α,β-unsaturated/α-hetero) is 1. The quantitative estimate of drug-likeness (QED) is 0.846. The zero-order valence-corrected chi connectivity index (χ0v) is 13.1. The van der Waals surface area contributed by atoms with Gasteiger partial charge in [-0.2, -0.15) is 0 Å². The smallest absolute Gasteiger partial charge is 0.303 e. The van der Waals surface area contributed by atoms with Gasteiger partial charge < -0.3 is 19.3 Å². The molecular formula is C16H16O7. The molecule has 0 amide bonds. The van der Waals surface area contributed by atoms with E-state index in [0.717, 1.165) is 6.08 Å². The largest absolute Gasteiger partial charge is 0.507 e. The summed E-state index contributed by atoms with van der Waals surface area (Å²) in [4.78, 5) is 35.6. The van der Waals surface area contributed by atoms with Gasteiger partial charge in [0.1, 0.15) is 17.6 Å². The van der Waals surface area contributed by atoms with Gasteiger partial charge in [0.2, 0.25) is 5.78 Å². The number of ketones is 2. The Labute approximate surface area is 132 Å². The van der Waals surface area contributed by atoms with Gasteiger partial charge in [0.25, 0.3) is 0 Å². The Morgan fingerprint density at radius 1 is 1.22 bits per heavy atom. The molecule has 0 heterocycles. The molecule has 0 bridgehead atoms. The lowest BCUT2D eigenvalue weighted by molar-refractivity contribution is -0.145. The molecule has 0 aromatic heterocycles. The number of methoxy groups -OCH3 is 2. The molecule has 23 heavy (non-hydrogen) atoms. The molecule has 1 atom stereocenters. The van der Waals surface area contributed by atoms with E-state index in [9.17, 15) is 19.5 Å². The molecule has 0 aliphatic heterocycles. The summed E-state index contributed by atoms with van der Waals surface area (Å²) >= 11 is 0. The first-order valence-electron chi connectivity index (χ1n) is 6.77. The fourth-order valence-electron chi connectivity index (χ4n) is 2.50. The first-order chi connectivity index (χ1) is 10.8. The highest BCUT2D eigenvalue weighted by molar-refractivity contribution is 6.25. The van der Waals surface area contributed by atoms with Crippen molar-refractivity contribution in [3.05, 3.63) is 34.6 Å². The van der Waals surface area contributed by atoms with Crippen molar-refractivity contribution in [2.24, 2.45) is 0 Å². The van der Waals surface area contributed by atoms with E-state index in [4.69, 9.17) is 14.2 Å². The van der Waals surface area contributed by atoms with Crippen LogP contribution in [-0.2, 0) is 14.3 Å². The summed E-state index contributed by atoms with van der Waals surface area (Å²) in [6, 6.07) is 1.33. The van der Waals surface area contributed by atoms with E-state index >= 15 is 0 Å². The van der Waals surface area contributed by atoms with Crippen LogP contribution in [0.15, 0.2) is 17.9 Å². The summed E-state index contributed by atoms with van der Waals surface area (Å²) in [5.41, 5.74) is -0.0649. The normalized spacial score (nSPS) is 14.7. The molecule has 1 aliphatic rings. The van der Waals surface area contributed by atoms with Crippen molar-refractivity contribution in [1.82, 2.24) is 0 Å². The average molecular weight is 320 g/mol. The summed E-state index contributed by atoms with van der Waals surface area (Å²) in [5.74, 6) is -2.10. The highest BCUT2D eigenvalue weighted by Gasteiger charge is 2.34. The van der Waals surface area contributed by atoms with Crippen molar-refractivity contribution in [2.75, 3.05) is 14.2 Å². The van der Waals surface area contributed by atoms with E-state index in [1.54, 1.807) is 0 Å². The maximum atomic E-state index is 12.3. The SMILES string of the molecule is COC1=CC(=O)c2c(cc(OC)c(C(C)OC(C)=O)c2O)C1=O. The van der Waals surface area contributed by atoms with E-state index < -0.39 is 29.4 Å². The molecule has 1 aromatic carbocycles. The third kappa shape index (κ3) is 2.77. The number of rotatable bonds is 4. The Balaban J connectivity index is 2.68. The Morgan fingerprint density at radius 2 is 1.87 bits per heavy atom. The van der Waals surface area contributed by atoms with Gasteiger partial charge in [0, 0.05) is 18.6 Å². The summed E-state index contributed by atoms with van der Waals surface area (Å²) in [5, 5.41) is 10.5. The number of hydrogen-bond acceptors (Lipinski definition) is 7. The van der Waals surface area contributed by atoms with Crippen molar-refractivity contribution < 1.29 is 33.7 Å². The topological polar surface area (TPSA) is 99.1 Å². The van der Waals surface area contributed by atoms with Gasteiger partial charge in [-0.3, -0.25) is 14.4 Å². The average Bonchev–Trinajstić information content (AvgIpc) is 2.48. The van der Waals surface area contributed by atoms with Gasteiger partial charge in [-0.25, -0.2) is 0 Å². The minimum absolute atomic E-state index is 0.0255. The van der Waals surface area contributed by atoms with Gasteiger partial charge in [-0.1, -0.05) is 0 Å². The van der Waals surface area contributed by atoms with Crippen LogP contribution < -0.4 is 4.74 Å². The van der Waals surface area contributed by atoms with Crippen LogP contribution in [-0.4, -0.2) is 36.9 Å². The number of benzene rings is 1. The third-order valence-corrected chi connectivity index (χ3v) is 3.47. The molecule has 0 spiro atoms. The Kier molecular flexibility index (Phi) is 4.40. The zero-order valence-electron chi connectivity index (χ0n) is 13.1. The Bertz CT molecular complexity index is 730. The van der Waals surface area contributed by atoms with E-state index in [-0.39, 0.29) is 28.2 Å². The van der Waals surface area contributed by atoms with Crippen LogP contribution in [0.3, 0.4) is 0 Å². The molecule has 2 rings (SSSR count). The van der Waals surface area contributed by atoms with E-state index in [0.29, 0.717) is 0 Å². The number of ether oxygens (including phenoxy) is 3. The molecule has 7 heteroatoms. The lowest BCUT2D eigenvalue weighted by Crippen LogP contribution is -2.20. The molecule has 1 aliphatic carbocycles. The molecule has 0 saturated carbocycles. The maximum absolute atomic E-state index is 12.3. The maximum Gasteiger partial charge on any atom is 0.303 e. The third-order valence-electron chi connectivity index (χ3n) is 3.47. The number of esters is 1. The second-order valence-corrected chi connectivity index (χ2v) is 4.92. The van der Waals surface area contributed by atoms with E-state index in [1.807, 2.05) is 0 Å². The lowest BCUT2D eigenvalue weighted by atomic mass is 9.89. The molecule has 0 radical (unpaired) electrons. The molecule has 0 saturated heterocycles. The van der Waals surface area contributed by atoms with Gasteiger partial charge in [0.15, 0.2) is 11.5 Å². The second kappa shape index (κ2) is 6.12. The van der Waals surface area contributed by atoms with Crippen molar-refractivity contribution in [3.8, 4) is 11.5 Å². The van der Waals surface area contributed by atoms with Crippen LogP contribution in [0.5, 0.6) is 11.5 Å². The molecule has 7 nitrogen and oxygen atoms in total. The summed E-state index contributed by atoms with van der Waals surface area (Å²) < 4.78 is 15.1. The van der Waals surface area contributed by atoms with E-state index in [1.165, 1.54) is 34.1 Å². The molecule has 1 aromatic rings. The highest BCUT2D eigenvalue weighted by Crippen LogP contribution is 2.42. The Morgan fingerprint density at radius 3 is 2.39 bits per heavy atom. The molecule has 122 valence electrons. The van der Waals surface area contributed by atoms with Crippen LogP contribution in [0, 0.1) is 0 Å². The molecule has 1 N–H and O–H groups in total. The summed E-state index contributed by atoms with van der Waals surface area (Å²) in [7, 11) is 2.61. The number of phenols is 1. The molecule has 1 unspecified atom stereocenters. The number of carbonyl (C=O) groups excluding carboxylic acids is 3. The summed E-state index contributed by atoms with van der Waals surface area (Å²) in [6.45, 7) is 2.75. The van der Waals surface area contributed by atoms with Gasteiger partial charge in [-0.15, -0.1) is 0 Å². The predicted molar refractivity (Wildman–Crippen MR) is 78.6 cm³/mol. The van der Waals surface area contributed by atoms with Gasteiger partial charge in [-0.05, 0) is 13.0 Å². The number of carbonyl (C=O) groups is 3. The van der Waals surface area contributed by atoms with Crippen LogP contribution in [0.2, 0.25) is 0 Å². The summed E-state index contributed by atoms with van der Waals surface area (Å²) in [6.07, 6.45) is 0.153. The highest BCUT2D eigenvalue weighted by atomic mass is 16.5. The molecular weight excluding hydrogens is 304 g/mol.